The number of aliphatic carboxylic acids is 1. The van der Waals surface area contributed by atoms with E-state index in [1.807, 2.05) is 0 Å². The van der Waals surface area contributed by atoms with Crippen molar-refractivity contribution < 1.29 is 14.6 Å². The fourth-order valence-corrected chi connectivity index (χ4v) is 0.976. The molecule has 1 heterocycles. The van der Waals surface area contributed by atoms with E-state index in [0.717, 1.165) is 0 Å². The number of nitrogens with zero attached hydrogens (tertiary/aromatic N) is 1. The van der Waals surface area contributed by atoms with Gasteiger partial charge in [-0.05, 0) is 0 Å². The van der Waals surface area contributed by atoms with Gasteiger partial charge in [-0.15, -0.1) is 0 Å². The van der Waals surface area contributed by atoms with Crippen LogP contribution in [0.1, 0.15) is 19.8 Å². The Morgan fingerprint density at radius 3 is 2.55 bits per heavy atom. The van der Waals surface area contributed by atoms with Crippen molar-refractivity contribution in [3.63, 3.8) is 0 Å². The quantitative estimate of drug-likeness (QED) is 0.334. The van der Waals surface area contributed by atoms with Crippen LogP contribution in [0.2, 0.25) is 0 Å². The maximum atomic E-state index is 10.8. The molecule has 4 nitrogen and oxygen atoms in total. The first-order valence-electron chi connectivity index (χ1n) is 3.10. The van der Waals surface area contributed by atoms with Gasteiger partial charge in [-0.1, -0.05) is 0 Å². The van der Waals surface area contributed by atoms with E-state index in [2.05, 4.69) is 0 Å². The molecule has 1 atom stereocenters. The van der Waals surface area contributed by atoms with Crippen LogP contribution >= 0.6 is 0 Å². The van der Waals surface area contributed by atoms with Crippen LogP contribution in [-0.2, 0) is 4.79 Å². The van der Waals surface area contributed by atoms with E-state index >= 15 is 0 Å². The van der Waals surface area contributed by atoms with E-state index in [1.54, 1.807) is 0 Å². The van der Waals surface area contributed by atoms with Gasteiger partial charge < -0.3 is 10.3 Å². The largest absolute Gasteiger partial charge is 0.623 e. The second kappa shape index (κ2) is 3.56. The Labute approximate surface area is 86.8 Å². The first-order valence-corrected chi connectivity index (χ1v) is 3.10. The van der Waals surface area contributed by atoms with Gasteiger partial charge in [-0.25, -0.2) is 4.79 Å². The average Bonchev–Trinajstić information content (AvgIpc) is 2.15. The summed E-state index contributed by atoms with van der Waals surface area (Å²) in [5, 5.41) is 19.4. The zero-order valence-corrected chi connectivity index (χ0v) is 8.70. The zero-order valence-electron chi connectivity index (χ0n) is 6.70. The topological polar surface area (TPSA) is 63.4 Å². The van der Waals surface area contributed by atoms with Crippen molar-refractivity contribution in [2.24, 2.45) is 0 Å². The normalized spacial score (nSPS) is 29.0. The Morgan fingerprint density at radius 2 is 2.36 bits per heavy atom. The molecule has 0 bridgehead atoms. The van der Waals surface area contributed by atoms with E-state index in [0.29, 0.717) is 17.6 Å². The fraction of sp³-hybridized carbons (Fsp3) is 0.667. The summed E-state index contributed by atoms with van der Waals surface area (Å²) in [5.41, 5.74) is -1.21. The fourth-order valence-electron chi connectivity index (χ4n) is 0.976. The van der Waals surface area contributed by atoms with Crippen molar-refractivity contribution in [2.45, 2.75) is 25.3 Å². The summed E-state index contributed by atoms with van der Waals surface area (Å²) in [4.78, 5) is 10.5. The molecule has 1 radical (unpaired) electrons. The summed E-state index contributed by atoms with van der Waals surface area (Å²) in [6.45, 7) is 1.44. The van der Waals surface area contributed by atoms with Crippen molar-refractivity contribution in [2.75, 3.05) is 0 Å². The van der Waals surface area contributed by atoms with Crippen molar-refractivity contribution in [3.8, 4) is 0 Å². The maximum absolute atomic E-state index is 10.8. The molecule has 0 aromatic carbocycles. The van der Waals surface area contributed by atoms with Gasteiger partial charge in [-0.3, -0.25) is 0 Å². The van der Waals surface area contributed by atoms with Gasteiger partial charge in [0.2, 0.25) is 0 Å². The van der Waals surface area contributed by atoms with E-state index in [4.69, 9.17) is 5.11 Å². The Kier molecular flexibility index (Phi) is 3.54. The summed E-state index contributed by atoms with van der Waals surface area (Å²) in [5.74, 6) is -1.05. The van der Waals surface area contributed by atoms with Crippen molar-refractivity contribution >= 4 is 41.7 Å². The second-order valence-corrected chi connectivity index (χ2v) is 2.63. The molecule has 0 amide bonds. The van der Waals surface area contributed by atoms with E-state index in [9.17, 15) is 10.0 Å². The number of rotatable bonds is 1. The first-order chi connectivity index (χ1) is 4.57. The Morgan fingerprint density at radius 1 is 1.82 bits per heavy atom. The van der Waals surface area contributed by atoms with Gasteiger partial charge in [0, 0.05) is 49.3 Å². The molecule has 0 spiro atoms. The molecular weight excluding hydrogens is 157 g/mol. The zero-order chi connectivity index (χ0) is 7.78. The first kappa shape index (κ1) is 10.9. The maximum Gasteiger partial charge on any atom is 0.377 e. The molecule has 1 aliphatic rings. The van der Waals surface area contributed by atoms with Crippen LogP contribution in [0.25, 0.3) is 0 Å². The minimum atomic E-state index is -1.21. The third-order valence-corrected chi connectivity index (χ3v) is 1.87. The molecule has 0 saturated heterocycles. The van der Waals surface area contributed by atoms with Gasteiger partial charge in [0.15, 0.2) is 6.21 Å². The Balaban J connectivity index is 0.000001000. The SMILES string of the molecule is CC1(C(=O)O)CCC=[N+]1[O-].[Na]. The minimum absolute atomic E-state index is 0. The molecule has 1 unspecified atom stereocenters. The average molecular weight is 166 g/mol. The standard InChI is InChI=1S/C6H9NO3.Na/c1-6(5(8)9)3-2-4-7(6)10;/h4H,2-3H2,1H3,(H,8,9);. The smallest absolute Gasteiger partial charge is 0.377 e. The summed E-state index contributed by atoms with van der Waals surface area (Å²) in [6.07, 6.45) is 2.34. The molecular formula is C6H9NNaO3. The van der Waals surface area contributed by atoms with Crippen LogP contribution in [0, 0.1) is 5.21 Å². The number of hydrogen-bond donors (Lipinski definition) is 1. The number of hydrogen-bond acceptors (Lipinski definition) is 2. The van der Waals surface area contributed by atoms with Crippen molar-refractivity contribution in [1.29, 1.82) is 0 Å². The third-order valence-electron chi connectivity index (χ3n) is 1.87. The molecule has 11 heavy (non-hydrogen) atoms. The van der Waals surface area contributed by atoms with Crippen LogP contribution in [0.5, 0.6) is 0 Å². The predicted octanol–water partition coefficient (Wildman–Crippen LogP) is -0.176. The van der Waals surface area contributed by atoms with Gasteiger partial charge in [0.1, 0.15) is 0 Å². The van der Waals surface area contributed by atoms with E-state index < -0.39 is 11.5 Å². The third kappa shape index (κ3) is 1.75. The number of carbonyl (C=O) groups is 1. The Hall–Kier alpha value is -0.0600. The minimum Gasteiger partial charge on any atom is -0.623 e. The van der Waals surface area contributed by atoms with E-state index in [1.165, 1.54) is 13.1 Å². The molecule has 0 saturated carbocycles. The number of carboxylic acid groups (broad SMARTS) is 1. The van der Waals surface area contributed by atoms with Crippen molar-refractivity contribution in [1.82, 2.24) is 0 Å². The molecule has 1 aliphatic heterocycles. The van der Waals surface area contributed by atoms with Crippen LogP contribution in [-0.4, -0.2) is 57.1 Å². The van der Waals surface area contributed by atoms with Gasteiger partial charge >= 0.3 is 5.97 Å². The van der Waals surface area contributed by atoms with Crippen LogP contribution in [0.15, 0.2) is 0 Å². The van der Waals surface area contributed by atoms with Crippen LogP contribution < -0.4 is 0 Å². The Bertz CT molecular complexity index is 204. The summed E-state index contributed by atoms with van der Waals surface area (Å²) < 4.78 is 0.523. The van der Waals surface area contributed by atoms with Crippen LogP contribution in [0.4, 0.5) is 0 Å². The van der Waals surface area contributed by atoms with Crippen molar-refractivity contribution in [3.05, 3.63) is 5.21 Å². The van der Waals surface area contributed by atoms with Gasteiger partial charge in [0.05, 0.1) is 0 Å². The van der Waals surface area contributed by atoms with E-state index in [-0.39, 0.29) is 29.6 Å². The van der Waals surface area contributed by atoms with Crippen LogP contribution in [0.3, 0.4) is 0 Å². The molecule has 0 aromatic heterocycles. The summed E-state index contributed by atoms with van der Waals surface area (Å²) >= 11 is 0. The number of carboxylic acids is 1. The number of hydroxylamine groups is 1. The predicted molar refractivity (Wildman–Crippen MR) is 40.7 cm³/mol. The molecule has 0 fully saturated rings. The molecule has 5 heteroatoms. The van der Waals surface area contributed by atoms with Gasteiger partial charge in [0.25, 0.3) is 5.54 Å². The molecule has 0 aliphatic carbocycles. The summed E-state index contributed by atoms with van der Waals surface area (Å²) in [6, 6.07) is 0. The summed E-state index contributed by atoms with van der Waals surface area (Å²) in [7, 11) is 0. The molecule has 1 rings (SSSR count). The van der Waals surface area contributed by atoms with Gasteiger partial charge in [-0.2, -0.15) is 4.74 Å². The molecule has 57 valence electrons. The monoisotopic (exact) mass is 166 g/mol. The second-order valence-electron chi connectivity index (χ2n) is 2.63. The molecule has 0 aromatic rings. The molecule has 1 N–H and O–H groups in total.